The van der Waals surface area contributed by atoms with Crippen LogP contribution in [0.5, 0.6) is 0 Å². The molecule has 0 aliphatic heterocycles. The zero-order chi connectivity index (χ0) is 26.5. The van der Waals surface area contributed by atoms with Crippen molar-refractivity contribution in [3.05, 3.63) is 94.5 Å². The minimum absolute atomic E-state index is 0.0477. The molecule has 0 heterocycles. The Bertz CT molecular complexity index is 1330. The van der Waals surface area contributed by atoms with Gasteiger partial charge in [0.25, 0.3) is 10.0 Å². The first-order valence-corrected chi connectivity index (χ1v) is 13.3. The summed E-state index contributed by atoms with van der Waals surface area (Å²) in [6.45, 7) is 4.91. The maximum Gasteiger partial charge on any atom is 0.264 e. The van der Waals surface area contributed by atoms with E-state index in [1.54, 1.807) is 31.2 Å². The predicted octanol–water partition coefficient (Wildman–Crippen LogP) is 4.32. The van der Waals surface area contributed by atoms with E-state index in [1.165, 1.54) is 30.1 Å². The number of nitrogens with one attached hydrogen (secondary N) is 1. The smallest absolute Gasteiger partial charge is 0.264 e. The molecule has 0 spiro atoms. The minimum atomic E-state index is -4.13. The van der Waals surface area contributed by atoms with E-state index in [0.717, 1.165) is 21.0 Å². The number of hydrogen-bond acceptors (Lipinski definition) is 4. The molecule has 0 fully saturated rings. The van der Waals surface area contributed by atoms with Crippen LogP contribution in [0.1, 0.15) is 23.6 Å². The number of carbonyl (C=O) groups is 2. The lowest BCUT2D eigenvalue weighted by molar-refractivity contribution is -0.139. The normalized spacial score (nSPS) is 12.0. The summed E-state index contributed by atoms with van der Waals surface area (Å²) in [5, 5.41) is 2.94. The Morgan fingerprint density at radius 3 is 2.19 bits per heavy atom. The fourth-order valence-electron chi connectivity index (χ4n) is 3.67. The zero-order valence-corrected chi connectivity index (χ0v) is 22.3. The first-order chi connectivity index (χ1) is 17.0. The number of likely N-dealkylation sites (N-methyl/N-ethyl adjacent to an activating group) is 1. The third kappa shape index (κ3) is 6.25. The maximum atomic E-state index is 13.7. The van der Waals surface area contributed by atoms with Gasteiger partial charge in [0.1, 0.15) is 12.6 Å². The van der Waals surface area contributed by atoms with E-state index >= 15 is 0 Å². The van der Waals surface area contributed by atoms with Crippen molar-refractivity contribution in [1.29, 1.82) is 0 Å². The summed E-state index contributed by atoms with van der Waals surface area (Å²) in [5.74, 6) is -0.882. The van der Waals surface area contributed by atoms with Gasteiger partial charge in [-0.25, -0.2) is 8.42 Å². The van der Waals surface area contributed by atoms with E-state index in [4.69, 9.17) is 11.6 Å². The second-order valence-electron chi connectivity index (χ2n) is 8.56. The fraction of sp³-hybridized carbons (Fsp3) is 0.259. The predicted molar refractivity (Wildman–Crippen MR) is 142 cm³/mol. The molecule has 0 aromatic heterocycles. The number of anilines is 1. The Morgan fingerprint density at radius 2 is 1.61 bits per heavy atom. The number of hydrogen-bond donors (Lipinski definition) is 1. The van der Waals surface area contributed by atoms with Gasteiger partial charge in [-0.05, 0) is 56.2 Å². The second kappa shape index (κ2) is 11.6. The number of aryl methyl sites for hydroxylation is 2. The number of halogens is 1. The molecule has 0 aliphatic rings. The lowest BCUT2D eigenvalue weighted by atomic mass is 10.1. The Kier molecular flexibility index (Phi) is 8.76. The Labute approximate surface area is 217 Å². The van der Waals surface area contributed by atoms with Crippen LogP contribution >= 0.6 is 11.6 Å². The highest BCUT2D eigenvalue weighted by atomic mass is 35.5. The van der Waals surface area contributed by atoms with Gasteiger partial charge in [0.15, 0.2) is 0 Å². The molecular formula is C27H30ClN3O4S. The standard InChI is InChI=1S/C27H30ClN3O4S/c1-19-10-14-24(15-11-19)36(34,35)31(23-13-12-20(2)25(28)16-23)18-26(32)30(21(3)27(33)29-4)17-22-8-6-5-7-9-22/h5-16,21H,17-18H2,1-4H3,(H,29,33). The van der Waals surface area contributed by atoms with Crippen molar-refractivity contribution < 1.29 is 18.0 Å². The van der Waals surface area contributed by atoms with Gasteiger partial charge in [-0.3, -0.25) is 13.9 Å². The summed E-state index contributed by atoms with van der Waals surface area (Å²) in [7, 11) is -2.63. The van der Waals surface area contributed by atoms with E-state index < -0.39 is 28.5 Å². The van der Waals surface area contributed by atoms with Crippen molar-refractivity contribution in [3.63, 3.8) is 0 Å². The molecule has 0 aliphatic carbocycles. The molecule has 190 valence electrons. The third-order valence-corrected chi connectivity index (χ3v) is 8.14. The van der Waals surface area contributed by atoms with Crippen LogP contribution in [0.3, 0.4) is 0 Å². The number of benzene rings is 3. The van der Waals surface area contributed by atoms with E-state index in [2.05, 4.69) is 5.32 Å². The minimum Gasteiger partial charge on any atom is -0.357 e. The van der Waals surface area contributed by atoms with Crippen LogP contribution in [0.4, 0.5) is 5.69 Å². The molecule has 2 amide bonds. The van der Waals surface area contributed by atoms with Crippen molar-refractivity contribution in [3.8, 4) is 0 Å². The molecule has 3 aromatic rings. The van der Waals surface area contributed by atoms with Gasteiger partial charge in [0.05, 0.1) is 10.6 Å². The lowest BCUT2D eigenvalue weighted by Gasteiger charge is -2.32. The molecule has 0 saturated heterocycles. The van der Waals surface area contributed by atoms with Gasteiger partial charge >= 0.3 is 0 Å². The summed E-state index contributed by atoms with van der Waals surface area (Å²) in [6, 6.07) is 19.7. The molecule has 9 heteroatoms. The van der Waals surface area contributed by atoms with Crippen LogP contribution in [0.2, 0.25) is 5.02 Å². The molecule has 1 atom stereocenters. The highest BCUT2D eigenvalue weighted by Crippen LogP contribution is 2.28. The van der Waals surface area contributed by atoms with Crippen LogP contribution in [-0.4, -0.2) is 44.8 Å². The van der Waals surface area contributed by atoms with E-state index in [-0.39, 0.29) is 23.0 Å². The topological polar surface area (TPSA) is 86.8 Å². The zero-order valence-electron chi connectivity index (χ0n) is 20.7. The number of nitrogens with zero attached hydrogens (tertiary/aromatic N) is 2. The van der Waals surface area contributed by atoms with Crippen LogP contribution in [-0.2, 0) is 26.2 Å². The monoisotopic (exact) mass is 527 g/mol. The van der Waals surface area contributed by atoms with E-state index in [0.29, 0.717) is 5.02 Å². The van der Waals surface area contributed by atoms with Crippen molar-refractivity contribution in [2.24, 2.45) is 0 Å². The van der Waals surface area contributed by atoms with Crippen molar-refractivity contribution >= 4 is 39.1 Å². The van der Waals surface area contributed by atoms with Crippen LogP contribution < -0.4 is 9.62 Å². The van der Waals surface area contributed by atoms with Gasteiger partial charge in [0.2, 0.25) is 11.8 Å². The molecule has 1 N–H and O–H groups in total. The first-order valence-electron chi connectivity index (χ1n) is 11.4. The number of rotatable bonds is 9. The molecule has 7 nitrogen and oxygen atoms in total. The van der Waals surface area contributed by atoms with Crippen molar-refractivity contribution in [2.75, 3.05) is 17.9 Å². The molecule has 3 rings (SSSR count). The summed E-state index contributed by atoms with van der Waals surface area (Å²) >= 11 is 6.32. The average molecular weight is 528 g/mol. The van der Waals surface area contributed by atoms with Gasteiger partial charge < -0.3 is 10.2 Å². The summed E-state index contributed by atoms with van der Waals surface area (Å²) in [4.78, 5) is 27.6. The third-order valence-electron chi connectivity index (χ3n) is 5.94. The Morgan fingerprint density at radius 1 is 0.972 bits per heavy atom. The molecule has 0 bridgehead atoms. The van der Waals surface area contributed by atoms with E-state index in [1.807, 2.05) is 44.2 Å². The van der Waals surface area contributed by atoms with Gasteiger partial charge in [-0.15, -0.1) is 0 Å². The molecule has 3 aromatic carbocycles. The molecule has 36 heavy (non-hydrogen) atoms. The Balaban J connectivity index is 2.05. The molecule has 0 saturated carbocycles. The highest BCUT2D eigenvalue weighted by Gasteiger charge is 2.32. The van der Waals surface area contributed by atoms with Crippen molar-refractivity contribution in [2.45, 2.75) is 38.3 Å². The van der Waals surface area contributed by atoms with Crippen molar-refractivity contribution in [1.82, 2.24) is 10.2 Å². The number of amides is 2. The molecule has 1 unspecified atom stereocenters. The first kappa shape index (κ1) is 27.2. The quantitative estimate of drug-likeness (QED) is 0.449. The molecule has 0 radical (unpaired) electrons. The number of carbonyl (C=O) groups excluding carboxylic acids is 2. The average Bonchev–Trinajstić information content (AvgIpc) is 2.87. The highest BCUT2D eigenvalue weighted by molar-refractivity contribution is 7.92. The SMILES string of the molecule is CNC(=O)C(C)N(Cc1ccccc1)C(=O)CN(c1ccc(C)c(Cl)c1)S(=O)(=O)c1ccc(C)cc1. The van der Waals surface area contributed by atoms with Crippen LogP contribution in [0.15, 0.2) is 77.7 Å². The molecular weight excluding hydrogens is 498 g/mol. The van der Waals surface area contributed by atoms with Gasteiger partial charge in [-0.2, -0.15) is 0 Å². The second-order valence-corrected chi connectivity index (χ2v) is 10.8. The lowest BCUT2D eigenvalue weighted by Crippen LogP contribution is -2.50. The maximum absolute atomic E-state index is 13.7. The largest absolute Gasteiger partial charge is 0.357 e. The van der Waals surface area contributed by atoms with E-state index in [9.17, 15) is 18.0 Å². The van der Waals surface area contributed by atoms with Gasteiger partial charge in [0, 0.05) is 18.6 Å². The van der Waals surface area contributed by atoms with Crippen LogP contribution in [0.25, 0.3) is 0 Å². The summed E-state index contributed by atoms with van der Waals surface area (Å²) in [5.41, 5.74) is 2.75. The fourth-order valence-corrected chi connectivity index (χ4v) is 5.26. The summed E-state index contributed by atoms with van der Waals surface area (Å²) < 4.78 is 28.5. The summed E-state index contributed by atoms with van der Waals surface area (Å²) in [6.07, 6.45) is 0. The Hall–Kier alpha value is -3.36. The van der Waals surface area contributed by atoms with Gasteiger partial charge in [-0.1, -0.05) is 65.7 Å². The number of sulfonamides is 1. The van der Waals surface area contributed by atoms with Crippen LogP contribution in [0, 0.1) is 13.8 Å².